The molecule has 2 saturated heterocycles. The number of aryl methyl sites for hydroxylation is 2. The summed E-state index contributed by atoms with van der Waals surface area (Å²) in [7, 11) is 0. The number of carbonyl (C=O) groups is 4. The standard InChI is InChI=1S/C32H23NO5/c1-17-14-15-20(16-18(17)2)33-30(36)25-26(31(33)37)32(28(34)23-11-5-6-12-24(23)29(32)35)38-27(25)22-13-7-9-19-8-3-4-10-21(19)22/h3-16,25-27H,1-2H3/t25-,26-,27-/m0/s1. The van der Waals surface area contributed by atoms with E-state index in [4.69, 9.17) is 4.74 Å². The molecule has 0 radical (unpaired) electrons. The van der Waals surface area contributed by atoms with Crippen LogP contribution in [0.4, 0.5) is 5.69 Å². The van der Waals surface area contributed by atoms with Crippen molar-refractivity contribution in [2.45, 2.75) is 25.6 Å². The Labute approximate surface area is 218 Å². The number of anilines is 1. The monoisotopic (exact) mass is 501 g/mol. The van der Waals surface area contributed by atoms with Crippen molar-refractivity contribution in [2.24, 2.45) is 11.8 Å². The molecule has 4 aromatic rings. The van der Waals surface area contributed by atoms with Crippen molar-refractivity contribution in [3.05, 3.63) is 113 Å². The van der Waals surface area contributed by atoms with Crippen LogP contribution in [0.2, 0.25) is 0 Å². The molecule has 6 nitrogen and oxygen atoms in total. The van der Waals surface area contributed by atoms with Crippen molar-refractivity contribution in [3.63, 3.8) is 0 Å². The van der Waals surface area contributed by atoms with Crippen LogP contribution in [0.1, 0.15) is 43.5 Å². The first-order chi connectivity index (χ1) is 18.3. The van der Waals surface area contributed by atoms with E-state index in [9.17, 15) is 19.2 Å². The van der Waals surface area contributed by atoms with Gasteiger partial charge in [0.15, 0.2) is 0 Å². The number of ketones is 2. The van der Waals surface area contributed by atoms with Gasteiger partial charge in [0.25, 0.3) is 0 Å². The Morgan fingerprint density at radius 3 is 2.08 bits per heavy atom. The summed E-state index contributed by atoms with van der Waals surface area (Å²) in [6, 6.07) is 25.2. The molecule has 1 aliphatic carbocycles. The van der Waals surface area contributed by atoms with Crippen molar-refractivity contribution in [3.8, 4) is 0 Å². The molecule has 2 fully saturated rings. The summed E-state index contributed by atoms with van der Waals surface area (Å²) in [5.74, 6) is -4.46. The fourth-order valence-corrected chi connectivity index (χ4v) is 6.42. The van der Waals surface area contributed by atoms with Gasteiger partial charge in [-0.2, -0.15) is 0 Å². The summed E-state index contributed by atoms with van der Waals surface area (Å²) in [5.41, 5.74) is 1.42. The summed E-state index contributed by atoms with van der Waals surface area (Å²) < 4.78 is 6.48. The van der Waals surface area contributed by atoms with Crippen molar-refractivity contribution in [2.75, 3.05) is 4.90 Å². The number of hydrogen-bond acceptors (Lipinski definition) is 5. The summed E-state index contributed by atoms with van der Waals surface area (Å²) in [6.07, 6.45) is -0.957. The molecule has 6 heteroatoms. The topological polar surface area (TPSA) is 80.8 Å². The maximum atomic E-state index is 14.2. The summed E-state index contributed by atoms with van der Waals surface area (Å²) >= 11 is 0. The molecule has 7 rings (SSSR count). The molecule has 3 atom stereocenters. The quantitative estimate of drug-likeness (QED) is 0.280. The van der Waals surface area contributed by atoms with Gasteiger partial charge in [-0.05, 0) is 53.4 Å². The third-order valence-corrected chi connectivity index (χ3v) is 8.40. The molecule has 2 aliphatic heterocycles. The molecule has 186 valence electrons. The van der Waals surface area contributed by atoms with Crippen LogP contribution in [0.5, 0.6) is 0 Å². The SMILES string of the molecule is Cc1ccc(N2C(=O)[C@H]3[C@@H](C2=O)C2(O[C@H]3c3cccc4ccccc34)C(=O)c3ccccc3C2=O)cc1C. The van der Waals surface area contributed by atoms with E-state index in [-0.39, 0.29) is 11.1 Å². The number of imide groups is 1. The molecule has 3 aliphatic rings. The van der Waals surface area contributed by atoms with E-state index in [1.165, 1.54) is 0 Å². The zero-order valence-electron chi connectivity index (χ0n) is 20.8. The Bertz CT molecular complexity index is 1700. The third-order valence-electron chi connectivity index (χ3n) is 8.40. The lowest BCUT2D eigenvalue weighted by Gasteiger charge is -2.27. The maximum absolute atomic E-state index is 14.2. The van der Waals surface area contributed by atoms with Crippen LogP contribution in [-0.4, -0.2) is 29.0 Å². The number of ether oxygens (including phenoxy) is 1. The number of amides is 2. The number of Topliss-reactive ketones (excluding diaryl/α,β-unsaturated/α-hetero) is 2. The molecule has 38 heavy (non-hydrogen) atoms. The predicted octanol–water partition coefficient (Wildman–Crippen LogP) is 5.15. The van der Waals surface area contributed by atoms with Gasteiger partial charge in [0.1, 0.15) is 0 Å². The first-order valence-electron chi connectivity index (χ1n) is 12.6. The highest BCUT2D eigenvalue weighted by Gasteiger charge is 2.74. The maximum Gasteiger partial charge on any atom is 0.241 e. The van der Waals surface area contributed by atoms with E-state index < -0.39 is 46.9 Å². The van der Waals surface area contributed by atoms with Crippen LogP contribution >= 0.6 is 0 Å². The van der Waals surface area contributed by atoms with Gasteiger partial charge in [0, 0.05) is 11.1 Å². The van der Waals surface area contributed by atoms with Crippen molar-refractivity contribution < 1.29 is 23.9 Å². The van der Waals surface area contributed by atoms with Crippen LogP contribution in [0.25, 0.3) is 10.8 Å². The van der Waals surface area contributed by atoms with E-state index in [0.29, 0.717) is 11.3 Å². The normalized spacial score (nSPS) is 23.5. The van der Waals surface area contributed by atoms with Crippen LogP contribution in [-0.2, 0) is 14.3 Å². The van der Waals surface area contributed by atoms with Gasteiger partial charge in [-0.3, -0.25) is 19.2 Å². The summed E-state index contributed by atoms with van der Waals surface area (Å²) in [5, 5.41) is 1.78. The molecule has 4 aromatic carbocycles. The van der Waals surface area contributed by atoms with E-state index in [0.717, 1.165) is 26.8 Å². The van der Waals surface area contributed by atoms with Crippen molar-refractivity contribution in [1.29, 1.82) is 0 Å². The van der Waals surface area contributed by atoms with Crippen LogP contribution in [0, 0.1) is 25.7 Å². The molecular formula is C32H23NO5. The Morgan fingerprint density at radius 1 is 0.711 bits per heavy atom. The number of fused-ring (bicyclic) bond motifs is 4. The minimum atomic E-state index is -2.09. The second-order valence-electron chi connectivity index (χ2n) is 10.3. The lowest BCUT2D eigenvalue weighted by Crippen LogP contribution is -2.51. The fourth-order valence-electron chi connectivity index (χ4n) is 6.42. The highest BCUT2D eigenvalue weighted by molar-refractivity contribution is 6.37. The number of benzene rings is 4. The highest BCUT2D eigenvalue weighted by atomic mass is 16.5. The second-order valence-corrected chi connectivity index (χ2v) is 10.3. The number of nitrogens with zero attached hydrogens (tertiary/aromatic N) is 1. The second kappa shape index (κ2) is 7.79. The zero-order chi connectivity index (χ0) is 26.3. The molecule has 0 saturated carbocycles. The average Bonchev–Trinajstić information content (AvgIpc) is 3.50. The number of carbonyl (C=O) groups excluding carboxylic acids is 4. The Hall–Kier alpha value is -4.42. The first kappa shape index (κ1) is 22.8. The molecule has 2 heterocycles. The van der Waals surface area contributed by atoms with Gasteiger partial charge in [0.2, 0.25) is 29.0 Å². The molecule has 0 bridgehead atoms. The minimum absolute atomic E-state index is 0.222. The van der Waals surface area contributed by atoms with Gasteiger partial charge in [-0.1, -0.05) is 72.8 Å². The lowest BCUT2D eigenvalue weighted by atomic mass is 9.77. The Balaban J connectivity index is 1.46. The highest BCUT2D eigenvalue weighted by Crippen LogP contribution is 2.58. The van der Waals surface area contributed by atoms with E-state index in [1.807, 2.05) is 62.4 Å². The number of rotatable bonds is 2. The molecule has 2 amide bonds. The predicted molar refractivity (Wildman–Crippen MR) is 141 cm³/mol. The van der Waals surface area contributed by atoms with Gasteiger partial charge in [0.05, 0.1) is 23.6 Å². The van der Waals surface area contributed by atoms with Crippen molar-refractivity contribution in [1.82, 2.24) is 0 Å². The van der Waals surface area contributed by atoms with Gasteiger partial charge < -0.3 is 4.74 Å². The van der Waals surface area contributed by atoms with Crippen LogP contribution in [0.3, 0.4) is 0 Å². The van der Waals surface area contributed by atoms with E-state index in [1.54, 1.807) is 36.4 Å². The van der Waals surface area contributed by atoms with E-state index in [2.05, 4.69) is 0 Å². The molecule has 0 aromatic heterocycles. The molecular weight excluding hydrogens is 478 g/mol. The van der Waals surface area contributed by atoms with Crippen molar-refractivity contribution >= 4 is 39.8 Å². The molecule has 0 unspecified atom stereocenters. The van der Waals surface area contributed by atoms with Gasteiger partial charge >= 0.3 is 0 Å². The largest absolute Gasteiger partial charge is 0.349 e. The Kier molecular flexibility index (Phi) is 4.66. The van der Waals surface area contributed by atoms with E-state index >= 15 is 0 Å². The lowest BCUT2D eigenvalue weighted by molar-refractivity contribution is -0.127. The molecule has 1 spiro atoms. The van der Waals surface area contributed by atoms with Gasteiger partial charge in [-0.15, -0.1) is 0 Å². The summed E-state index contributed by atoms with van der Waals surface area (Å²) in [6.45, 7) is 3.86. The summed E-state index contributed by atoms with van der Waals surface area (Å²) in [4.78, 5) is 57.4. The average molecular weight is 502 g/mol. The Morgan fingerprint density at radius 2 is 1.37 bits per heavy atom. The van der Waals surface area contributed by atoms with Gasteiger partial charge in [-0.25, -0.2) is 4.90 Å². The number of hydrogen-bond donors (Lipinski definition) is 0. The van der Waals surface area contributed by atoms with Crippen LogP contribution < -0.4 is 4.90 Å². The fraction of sp³-hybridized carbons (Fsp3) is 0.188. The van der Waals surface area contributed by atoms with Crippen LogP contribution in [0.15, 0.2) is 84.9 Å². The first-order valence-corrected chi connectivity index (χ1v) is 12.6. The smallest absolute Gasteiger partial charge is 0.241 e. The molecule has 0 N–H and O–H groups in total. The third kappa shape index (κ3) is 2.75. The minimum Gasteiger partial charge on any atom is -0.349 e. The zero-order valence-corrected chi connectivity index (χ0v) is 20.8.